The van der Waals surface area contributed by atoms with Gasteiger partial charge in [-0.25, -0.2) is 8.42 Å². The monoisotopic (exact) mass is 357 g/mol. The fraction of sp³-hybridized carbons (Fsp3) is 0.600. The highest BCUT2D eigenvalue weighted by molar-refractivity contribution is 9.11. The maximum atomic E-state index is 12.5. The van der Waals surface area contributed by atoms with Crippen LogP contribution in [0, 0.1) is 0 Å². The van der Waals surface area contributed by atoms with Crippen molar-refractivity contribution in [2.24, 2.45) is 0 Å². The zero-order valence-electron chi connectivity index (χ0n) is 9.53. The second-order valence-electron chi connectivity index (χ2n) is 4.68. The molecule has 0 saturated carbocycles. The lowest BCUT2D eigenvalue weighted by atomic mass is 10.0. The van der Waals surface area contributed by atoms with E-state index in [0.717, 1.165) is 24.2 Å². The molecule has 1 aliphatic heterocycles. The Labute approximate surface area is 119 Å². The molecule has 0 spiro atoms. The van der Waals surface area contributed by atoms with Crippen LogP contribution < -0.4 is 0 Å². The van der Waals surface area contributed by atoms with Gasteiger partial charge < -0.3 is 0 Å². The van der Waals surface area contributed by atoms with Crippen LogP contribution in [0.25, 0.3) is 0 Å². The van der Waals surface area contributed by atoms with Crippen molar-refractivity contribution < 1.29 is 8.42 Å². The average molecular weight is 359 g/mol. The first-order valence-electron chi connectivity index (χ1n) is 5.23. The fourth-order valence-electron chi connectivity index (χ4n) is 2.09. The fourth-order valence-corrected chi connectivity index (χ4v) is 6.45. The van der Waals surface area contributed by atoms with Gasteiger partial charge in [-0.1, -0.05) is 11.6 Å². The van der Waals surface area contributed by atoms with Crippen molar-refractivity contribution in [3.05, 3.63) is 14.9 Å². The molecule has 2 rings (SSSR count). The lowest BCUT2D eigenvalue weighted by Gasteiger charge is -2.29. The van der Waals surface area contributed by atoms with Crippen molar-refractivity contribution in [3.8, 4) is 0 Å². The summed E-state index contributed by atoms with van der Waals surface area (Å²) in [4.78, 5) is 0. The number of sulfonamides is 1. The van der Waals surface area contributed by atoms with Crippen molar-refractivity contribution >= 4 is 48.9 Å². The third-order valence-electron chi connectivity index (χ3n) is 2.99. The third-order valence-corrected chi connectivity index (χ3v) is 8.03. The molecule has 1 aromatic heterocycles. The van der Waals surface area contributed by atoms with Crippen LogP contribution in [0.2, 0.25) is 5.02 Å². The Bertz CT molecular complexity index is 519. The van der Waals surface area contributed by atoms with E-state index in [2.05, 4.69) is 15.9 Å². The molecule has 0 radical (unpaired) electrons. The highest BCUT2D eigenvalue weighted by Crippen LogP contribution is 2.40. The van der Waals surface area contributed by atoms with Gasteiger partial charge in [0, 0.05) is 12.1 Å². The molecule has 0 N–H and O–H groups in total. The summed E-state index contributed by atoms with van der Waals surface area (Å²) in [6, 6.07) is 1.51. The maximum absolute atomic E-state index is 12.5. The van der Waals surface area contributed by atoms with Gasteiger partial charge in [0.15, 0.2) is 0 Å². The van der Waals surface area contributed by atoms with E-state index < -0.39 is 10.0 Å². The van der Waals surface area contributed by atoms with Gasteiger partial charge in [0.25, 0.3) is 10.0 Å². The molecule has 96 valence electrons. The van der Waals surface area contributed by atoms with E-state index in [4.69, 9.17) is 11.6 Å². The van der Waals surface area contributed by atoms with Gasteiger partial charge >= 0.3 is 0 Å². The molecule has 0 aromatic carbocycles. The van der Waals surface area contributed by atoms with Crippen molar-refractivity contribution in [3.63, 3.8) is 0 Å². The summed E-state index contributed by atoms with van der Waals surface area (Å²) in [7, 11) is -3.41. The molecule has 1 aliphatic rings. The van der Waals surface area contributed by atoms with Crippen molar-refractivity contribution in [2.45, 2.75) is 36.4 Å². The highest BCUT2D eigenvalue weighted by Gasteiger charge is 2.41. The predicted molar refractivity (Wildman–Crippen MR) is 74.2 cm³/mol. The van der Waals surface area contributed by atoms with Gasteiger partial charge in [0.2, 0.25) is 0 Å². The molecule has 1 fully saturated rings. The normalized spacial score (nSPS) is 20.9. The Hall–Kier alpha value is 0.380. The first kappa shape index (κ1) is 13.8. The van der Waals surface area contributed by atoms with E-state index in [9.17, 15) is 8.42 Å². The van der Waals surface area contributed by atoms with Crippen molar-refractivity contribution in [1.82, 2.24) is 4.31 Å². The zero-order chi connectivity index (χ0) is 12.8. The number of hydrogen-bond acceptors (Lipinski definition) is 3. The van der Waals surface area contributed by atoms with Gasteiger partial charge in [-0.2, -0.15) is 4.31 Å². The molecular weight excluding hydrogens is 346 g/mol. The molecule has 0 atom stereocenters. The minimum Gasteiger partial charge on any atom is -0.206 e. The lowest BCUT2D eigenvalue weighted by molar-refractivity contribution is 0.292. The minimum atomic E-state index is -3.41. The van der Waals surface area contributed by atoms with Crippen LogP contribution in [-0.2, 0) is 10.0 Å². The van der Waals surface area contributed by atoms with Gasteiger partial charge in [0.05, 0.1) is 8.81 Å². The van der Waals surface area contributed by atoms with E-state index in [1.54, 1.807) is 4.31 Å². The quantitative estimate of drug-likeness (QED) is 0.808. The first-order chi connectivity index (χ1) is 7.75. The third kappa shape index (κ3) is 2.42. The molecule has 17 heavy (non-hydrogen) atoms. The lowest BCUT2D eigenvalue weighted by Crippen LogP contribution is -2.42. The van der Waals surface area contributed by atoms with Crippen LogP contribution in [0.5, 0.6) is 0 Å². The smallest absolute Gasteiger partial charge is 0.206 e. The molecule has 1 saturated heterocycles. The summed E-state index contributed by atoms with van der Waals surface area (Å²) in [5.74, 6) is 0. The largest absolute Gasteiger partial charge is 0.253 e. The Morgan fingerprint density at radius 1 is 1.53 bits per heavy atom. The van der Waals surface area contributed by atoms with Crippen molar-refractivity contribution in [1.29, 1.82) is 0 Å². The van der Waals surface area contributed by atoms with E-state index in [-0.39, 0.29) is 5.54 Å². The van der Waals surface area contributed by atoms with E-state index in [1.807, 2.05) is 13.8 Å². The van der Waals surface area contributed by atoms with Gasteiger partial charge in [-0.15, -0.1) is 11.3 Å². The minimum absolute atomic E-state index is 0.304. The van der Waals surface area contributed by atoms with Gasteiger partial charge in [-0.05, 0) is 48.7 Å². The van der Waals surface area contributed by atoms with Crippen LogP contribution in [0.15, 0.2) is 14.1 Å². The van der Waals surface area contributed by atoms with Gasteiger partial charge in [-0.3, -0.25) is 0 Å². The summed E-state index contributed by atoms with van der Waals surface area (Å²) in [5.41, 5.74) is -0.304. The second kappa shape index (κ2) is 4.49. The summed E-state index contributed by atoms with van der Waals surface area (Å²) in [5, 5.41) is 0.450. The summed E-state index contributed by atoms with van der Waals surface area (Å²) in [6.07, 6.45) is 1.80. The first-order valence-corrected chi connectivity index (χ1v) is 8.65. The Balaban J connectivity index is 2.43. The summed E-state index contributed by atoms with van der Waals surface area (Å²) in [6.45, 7) is 4.51. The Kier molecular flexibility index (Phi) is 3.64. The van der Waals surface area contributed by atoms with Crippen molar-refractivity contribution in [2.75, 3.05) is 6.54 Å². The van der Waals surface area contributed by atoms with Crippen LogP contribution in [0.3, 0.4) is 0 Å². The Morgan fingerprint density at radius 3 is 2.59 bits per heavy atom. The zero-order valence-corrected chi connectivity index (χ0v) is 13.5. The SMILES string of the molecule is CC1(C)CCCN1S(=O)(=O)c1cc(Cl)c(Br)s1. The molecule has 3 nitrogen and oxygen atoms in total. The molecule has 0 bridgehead atoms. The number of rotatable bonds is 2. The molecule has 7 heteroatoms. The van der Waals surface area contributed by atoms with E-state index in [0.29, 0.717) is 19.6 Å². The molecule has 1 aromatic rings. The molecule has 0 aliphatic carbocycles. The van der Waals surface area contributed by atoms with Crippen LogP contribution in [0.4, 0.5) is 0 Å². The number of nitrogens with zero attached hydrogens (tertiary/aromatic N) is 1. The van der Waals surface area contributed by atoms with Crippen LogP contribution in [-0.4, -0.2) is 24.8 Å². The molecular formula is C10H13BrClNO2S2. The molecule has 0 unspecified atom stereocenters. The number of hydrogen-bond donors (Lipinski definition) is 0. The second-order valence-corrected chi connectivity index (χ2v) is 9.55. The molecule has 2 heterocycles. The summed E-state index contributed by atoms with van der Waals surface area (Å²) < 4.78 is 27.5. The number of halogens is 2. The molecule has 0 amide bonds. The predicted octanol–water partition coefficient (Wildman–Crippen LogP) is 3.73. The standard InChI is InChI=1S/C10H13BrClNO2S2/c1-10(2)4-3-5-13(10)17(14,15)8-6-7(12)9(11)16-8/h6H,3-5H2,1-2H3. The Morgan fingerprint density at radius 2 is 2.18 bits per heavy atom. The number of thiophene rings is 1. The van der Waals surface area contributed by atoms with Crippen LogP contribution in [0.1, 0.15) is 26.7 Å². The summed E-state index contributed by atoms with van der Waals surface area (Å²) >= 11 is 10.3. The maximum Gasteiger partial charge on any atom is 0.253 e. The van der Waals surface area contributed by atoms with Gasteiger partial charge in [0.1, 0.15) is 4.21 Å². The van der Waals surface area contributed by atoms with Crippen LogP contribution >= 0.6 is 38.9 Å². The average Bonchev–Trinajstić information content (AvgIpc) is 2.71. The van der Waals surface area contributed by atoms with E-state index in [1.165, 1.54) is 6.07 Å². The van der Waals surface area contributed by atoms with E-state index >= 15 is 0 Å². The highest BCUT2D eigenvalue weighted by atomic mass is 79.9. The topological polar surface area (TPSA) is 37.4 Å².